The van der Waals surface area contributed by atoms with Gasteiger partial charge in [0.1, 0.15) is 0 Å². The van der Waals surface area contributed by atoms with Crippen molar-refractivity contribution in [3.8, 4) is 0 Å². The number of carbonyl (C=O) groups is 1. The van der Waals surface area contributed by atoms with Gasteiger partial charge in [-0.25, -0.2) is 0 Å². The quantitative estimate of drug-likeness (QED) is 0.632. The molecule has 1 aromatic rings. The van der Waals surface area contributed by atoms with E-state index in [1.807, 2.05) is 18.2 Å². The number of nitrogens with zero attached hydrogens (tertiary/aromatic N) is 2. The van der Waals surface area contributed by atoms with E-state index in [1.54, 1.807) is 6.20 Å². The topological polar surface area (TPSA) is 93.9 Å². The summed E-state index contributed by atoms with van der Waals surface area (Å²) >= 11 is 0. The van der Waals surface area contributed by atoms with Gasteiger partial charge < -0.3 is 15.2 Å². The van der Waals surface area contributed by atoms with Crippen molar-refractivity contribution < 1.29 is 19.9 Å². The third-order valence-corrected chi connectivity index (χ3v) is 3.98. The van der Waals surface area contributed by atoms with Crippen LogP contribution in [0.15, 0.2) is 24.4 Å². The van der Waals surface area contributed by atoms with Gasteiger partial charge in [-0.05, 0) is 30.8 Å². The fourth-order valence-corrected chi connectivity index (χ4v) is 2.95. The summed E-state index contributed by atoms with van der Waals surface area (Å²) in [5, 5.41) is 27.1. The first kappa shape index (κ1) is 15.9. The van der Waals surface area contributed by atoms with Crippen LogP contribution < -0.4 is 0 Å². The Labute approximate surface area is 124 Å². The summed E-state index contributed by atoms with van der Waals surface area (Å²) in [7, 11) is -1.31. The van der Waals surface area contributed by atoms with Crippen molar-refractivity contribution in [1.82, 2.24) is 9.88 Å². The predicted octanol–water partition coefficient (Wildman–Crippen LogP) is 0.467. The Morgan fingerprint density at radius 2 is 2.19 bits per heavy atom. The third kappa shape index (κ3) is 4.80. The zero-order valence-electron chi connectivity index (χ0n) is 11.9. The minimum absolute atomic E-state index is 0.0602. The molecule has 1 saturated heterocycles. The maximum Gasteiger partial charge on any atom is 0.451 e. The largest absolute Gasteiger partial charge is 0.481 e. The molecule has 114 valence electrons. The van der Waals surface area contributed by atoms with E-state index in [4.69, 9.17) is 10.0 Å². The monoisotopic (exact) mass is 292 g/mol. The van der Waals surface area contributed by atoms with Crippen molar-refractivity contribution in [2.24, 2.45) is 11.8 Å². The van der Waals surface area contributed by atoms with E-state index in [-0.39, 0.29) is 11.8 Å². The van der Waals surface area contributed by atoms with E-state index in [0.29, 0.717) is 32.3 Å². The number of carboxylic acid groups (broad SMARTS) is 1. The summed E-state index contributed by atoms with van der Waals surface area (Å²) in [6, 6.07) is 5.72. The first-order valence-corrected chi connectivity index (χ1v) is 7.27. The van der Waals surface area contributed by atoms with E-state index < -0.39 is 13.1 Å². The van der Waals surface area contributed by atoms with Gasteiger partial charge in [0.05, 0.1) is 11.6 Å². The summed E-state index contributed by atoms with van der Waals surface area (Å²) in [5.41, 5.74) is 0.938. The van der Waals surface area contributed by atoms with Gasteiger partial charge in [0, 0.05) is 25.8 Å². The molecule has 0 aromatic carbocycles. The maximum absolute atomic E-state index is 11.4. The molecule has 2 atom stereocenters. The van der Waals surface area contributed by atoms with Crippen molar-refractivity contribution in [1.29, 1.82) is 0 Å². The summed E-state index contributed by atoms with van der Waals surface area (Å²) in [4.78, 5) is 17.7. The van der Waals surface area contributed by atoms with Crippen LogP contribution in [0, 0.1) is 11.8 Å². The molecule has 7 heteroatoms. The Kier molecular flexibility index (Phi) is 5.72. The van der Waals surface area contributed by atoms with Gasteiger partial charge in [-0.1, -0.05) is 12.5 Å². The molecule has 2 unspecified atom stereocenters. The van der Waals surface area contributed by atoms with Gasteiger partial charge in [0.2, 0.25) is 0 Å². The Hall–Kier alpha value is -1.44. The molecule has 0 aliphatic carbocycles. The van der Waals surface area contributed by atoms with Crippen molar-refractivity contribution in [3.05, 3.63) is 30.1 Å². The zero-order chi connectivity index (χ0) is 15.2. The highest BCUT2D eigenvalue weighted by Crippen LogP contribution is 2.29. The second-order valence-electron chi connectivity index (χ2n) is 5.63. The molecule has 2 rings (SSSR count). The second-order valence-corrected chi connectivity index (χ2v) is 5.63. The van der Waals surface area contributed by atoms with Crippen LogP contribution in [0.25, 0.3) is 0 Å². The highest BCUT2D eigenvalue weighted by molar-refractivity contribution is 6.40. The lowest BCUT2D eigenvalue weighted by atomic mass is 9.80. The van der Waals surface area contributed by atoms with Gasteiger partial charge in [-0.3, -0.25) is 14.7 Å². The Bertz CT molecular complexity index is 458. The standard InChI is InChI=1S/C14H21BN2O4/c18-14(19)13-10-17(9-12-5-1-2-7-16-12)8-11(13)4-3-6-15(20)21/h1-2,5,7,11,13,20-21H,3-4,6,8-10H2,(H,18,19). The lowest BCUT2D eigenvalue weighted by Crippen LogP contribution is -2.23. The number of aromatic nitrogens is 1. The lowest BCUT2D eigenvalue weighted by Gasteiger charge is -2.15. The summed E-state index contributed by atoms with van der Waals surface area (Å²) in [5.74, 6) is -1.09. The van der Waals surface area contributed by atoms with Crippen LogP contribution in [-0.2, 0) is 11.3 Å². The summed E-state index contributed by atoms with van der Waals surface area (Å²) in [6.45, 7) is 1.90. The first-order chi connectivity index (χ1) is 10.1. The number of hydrogen-bond donors (Lipinski definition) is 3. The molecule has 0 bridgehead atoms. The molecule has 1 aliphatic rings. The highest BCUT2D eigenvalue weighted by atomic mass is 16.4. The number of aliphatic carboxylic acids is 1. The average Bonchev–Trinajstić information content (AvgIpc) is 2.82. The summed E-state index contributed by atoms with van der Waals surface area (Å²) in [6.07, 6.45) is 3.36. The maximum atomic E-state index is 11.4. The molecule has 1 aliphatic heterocycles. The number of carboxylic acids is 1. The molecular weight excluding hydrogens is 271 g/mol. The third-order valence-electron chi connectivity index (χ3n) is 3.98. The molecule has 0 saturated carbocycles. The Morgan fingerprint density at radius 3 is 2.81 bits per heavy atom. The number of rotatable bonds is 7. The van der Waals surface area contributed by atoms with E-state index in [2.05, 4.69) is 9.88 Å². The van der Waals surface area contributed by atoms with Gasteiger partial charge in [-0.2, -0.15) is 0 Å². The van der Waals surface area contributed by atoms with Crippen LogP contribution >= 0.6 is 0 Å². The fourth-order valence-electron chi connectivity index (χ4n) is 2.95. The predicted molar refractivity (Wildman–Crippen MR) is 78.4 cm³/mol. The van der Waals surface area contributed by atoms with Gasteiger partial charge >= 0.3 is 13.1 Å². The SMILES string of the molecule is O=C(O)C1CN(Cc2ccccn2)CC1CCCB(O)O. The van der Waals surface area contributed by atoms with Crippen molar-refractivity contribution in [3.63, 3.8) is 0 Å². The van der Waals surface area contributed by atoms with E-state index in [9.17, 15) is 9.90 Å². The Balaban J connectivity index is 1.90. The molecule has 1 aromatic heterocycles. The minimum Gasteiger partial charge on any atom is -0.481 e. The normalized spacial score (nSPS) is 22.4. The minimum atomic E-state index is -1.31. The van der Waals surface area contributed by atoms with Crippen LogP contribution in [-0.4, -0.2) is 51.2 Å². The van der Waals surface area contributed by atoms with Gasteiger partial charge in [0.25, 0.3) is 0 Å². The molecular formula is C14H21BN2O4. The van der Waals surface area contributed by atoms with E-state index >= 15 is 0 Å². The molecule has 6 nitrogen and oxygen atoms in total. The van der Waals surface area contributed by atoms with E-state index in [0.717, 1.165) is 12.2 Å². The molecule has 2 heterocycles. The first-order valence-electron chi connectivity index (χ1n) is 7.27. The van der Waals surface area contributed by atoms with Crippen LogP contribution in [0.1, 0.15) is 18.5 Å². The molecule has 0 radical (unpaired) electrons. The molecule has 21 heavy (non-hydrogen) atoms. The molecule has 3 N–H and O–H groups in total. The zero-order valence-corrected chi connectivity index (χ0v) is 11.9. The van der Waals surface area contributed by atoms with Crippen molar-refractivity contribution in [2.45, 2.75) is 25.7 Å². The Morgan fingerprint density at radius 1 is 1.38 bits per heavy atom. The van der Waals surface area contributed by atoms with Crippen molar-refractivity contribution >= 4 is 13.1 Å². The van der Waals surface area contributed by atoms with Crippen LogP contribution in [0.3, 0.4) is 0 Å². The summed E-state index contributed by atoms with van der Waals surface area (Å²) < 4.78 is 0. The van der Waals surface area contributed by atoms with Crippen LogP contribution in [0.2, 0.25) is 6.32 Å². The van der Waals surface area contributed by atoms with Gasteiger partial charge in [-0.15, -0.1) is 0 Å². The number of hydrogen-bond acceptors (Lipinski definition) is 5. The highest BCUT2D eigenvalue weighted by Gasteiger charge is 2.37. The number of likely N-dealkylation sites (tertiary alicyclic amines) is 1. The van der Waals surface area contributed by atoms with Crippen molar-refractivity contribution in [2.75, 3.05) is 13.1 Å². The lowest BCUT2D eigenvalue weighted by molar-refractivity contribution is -0.142. The smallest absolute Gasteiger partial charge is 0.451 e. The molecule has 0 amide bonds. The number of pyridine rings is 1. The molecule has 1 fully saturated rings. The fraction of sp³-hybridized carbons (Fsp3) is 0.571. The molecule has 0 spiro atoms. The van der Waals surface area contributed by atoms with Gasteiger partial charge in [0.15, 0.2) is 0 Å². The van der Waals surface area contributed by atoms with Crippen LogP contribution in [0.5, 0.6) is 0 Å². The van der Waals surface area contributed by atoms with E-state index in [1.165, 1.54) is 0 Å². The average molecular weight is 292 g/mol. The van der Waals surface area contributed by atoms with Crippen LogP contribution in [0.4, 0.5) is 0 Å². The second kappa shape index (κ2) is 7.54.